The molecule has 7 heavy (non-hydrogen) atoms. The molecule has 0 unspecified atom stereocenters. The molecule has 0 spiro atoms. The molecule has 2 N–H and O–H groups in total. The van der Waals surface area contributed by atoms with Gasteiger partial charge < -0.3 is 5.84 Å². The van der Waals surface area contributed by atoms with Gasteiger partial charge in [-0.2, -0.15) is 5.10 Å². The summed E-state index contributed by atoms with van der Waals surface area (Å²) in [5.74, 6) is 4.85. The van der Waals surface area contributed by atoms with Gasteiger partial charge >= 0.3 is 0 Å². The summed E-state index contributed by atoms with van der Waals surface area (Å²) in [7, 11) is 0. The van der Waals surface area contributed by atoms with Crippen molar-refractivity contribution in [1.82, 2.24) is 0 Å². The molecule has 0 radical (unpaired) electrons. The second-order valence-corrected chi connectivity index (χ2v) is 1.12. The van der Waals surface area contributed by atoms with Gasteiger partial charge in [-0.05, 0) is 6.92 Å². The van der Waals surface area contributed by atoms with Crippen molar-refractivity contribution in [2.45, 2.75) is 6.92 Å². The number of nitrogens with zero attached hydrogens (tertiary/aromatic N) is 1. The molecule has 0 aliphatic carbocycles. The van der Waals surface area contributed by atoms with Gasteiger partial charge in [0.25, 0.3) is 0 Å². The molecular formula is C5H8N2. The van der Waals surface area contributed by atoms with E-state index >= 15 is 0 Å². The van der Waals surface area contributed by atoms with Crippen molar-refractivity contribution >= 4 is 5.71 Å². The third kappa shape index (κ3) is 2.80. The maximum absolute atomic E-state index is 4.85. The zero-order valence-corrected chi connectivity index (χ0v) is 4.31. The lowest BCUT2D eigenvalue weighted by Crippen LogP contribution is -1.88. The first kappa shape index (κ1) is 5.99. The minimum Gasteiger partial charge on any atom is -0.323 e. The van der Waals surface area contributed by atoms with Crippen LogP contribution in [0.5, 0.6) is 0 Å². The molecular weight excluding hydrogens is 88.1 g/mol. The van der Waals surface area contributed by atoms with E-state index in [1.165, 1.54) is 0 Å². The van der Waals surface area contributed by atoms with Crippen LogP contribution >= 0.6 is 0 Å². The second-order valence-electron chi connectivity index (χ2n) is 1.12. The van der Waals surface area contributed by atoms with Crippen LogP contribution in [0.15, 0.2) is 23.5 Å². The lowest BCUT2D eigenvalue weighted by molar-refractivity contribution is 1.24. The van der Waals surface area contributed by atoms with E-state index in [4.69, 9.17) is 5.84 Å². The first-order chi connectivity index (χ1) is 3.31. The molecule has 0 saturated heterocycles. The normalized spacial score (nSPS) is 10.1. The first-order valence-corrected chi connectivity index (χ1v) is 1.91. The fourth-order valence-electron chi connectivity index (χ4n) is 0.185. The fraction of sp³-hybridized carbons (Fsp3) is 0.200. The van der Waals surface area contributed by atoms with E-state index in [9.17, 15) is 0 Å². The molecule has 2 heteroatoms. The second kappa shape index (κ2) is 3.19. The third-order valence-corrected chi connectivity index (χ3v) is 0.515. The summed E-state index contributed by atoms with van der Waals surface area (Å²) in [6.45, 7) is 5.11. The van der Waals surface area contributed by atoms with E-state index in [0.29, 0.717) is 0 Å². The maximum atomic E-state index is 4.85. The Morgan fingerprint density at radius 2 is 2.57 bits per heavy atom. The van der Waals surface area contributed by atoms with Crippen LogP contribution in [0, 0.1) is 0 Å². The average molecular weight is 96.1 g/mol. The first-order valence-electron chi connectivity index (χ1n) is 1.91. The number of hydrogen-bond donors (Lipinski definition) is 1. The van der Waals surface area contributed by atoms with Gasteiger partial charge in [0, 0.05) is 6.08 Å². The molecule has 0 fully saturated rings. The van der Waals surface area contributed by atoms with E-state index in [1.54, 1.807) is 13.0 Å². The summed E-state index contributed by atoms with van der Waals surface area (Å²) in [5.41, 5.74) is 3.26. The van der Waals surface area contributed by atoms with E-state index in [0.717, 1.165) is 5.71 Å². The molecule has 0 aliphatic rings. The molecule has 0 aromatic carbocycles. The summed E-state index contributed by atoms with van der Waals surface area (Å²) < 4.78 is 0. The molecule has 0 amide bonds. The van der Waals surface area contributed by atoms with Gasteiger partial charge in [0.1, 0.15) is 0 Å². The Balaban J connectivity index is 3.82. The standard InChI is InChI=1S/C5H8N2/c1-3-4-5(2)7-6/h4H,1,6H2,2H3. The quantitative estimate of drug-likeness (QED) is 0.221. The van der Waals surface area contributed by atoms with E-state index in [-0.39, 0.29) is 0 Å². The molecule has 0 rings (SSSR count). The summed E-state index contributed by atoms with van der Waals surface area (Å²) in [6, 6.07) is 0. The summed E-state index contributed by atoms with van der Waals surface area (Å²) in [5, 5.41) is 3.34. The van der Waals surface area contributed by atoms with E-state index < -0.39 is 0 Å². The van der Waals surface area contributed by atoms with Gasteiger partial charge in [-0.15, -0.1) is 5.73 Å². The molecule has 0 aliphatic heterocycles. The number of rotatable bonds is 1. The summed E-state index contributed by atoms with van der Waals surface area (Å²) >= 11 is 0. The number of nitrogens with two attached hydrogens (primary N) is 1. The van der Waals surface area contributed by atoms with Crippen molar-refractivity contribution < 1.29 is 0 Å². The third-order valence-electron chi connectivity index (χ3n) is 0.515. The minimum absolute atomic E-state index is 0.731. The molecule has 0 saturated carbocycles. The van der Waals surface area contributed by atoms with Crippen molar-refractivity contribution in [3.8, 4) is 0 Å². The Morgan fingerprint density at radius 3 is 2.71 bits per heavy atom. The van der Waals surface area contributed by atoms with Crippen molar-refractivity contribution in [1.29, 1.82) is 0 Å². The zero-order chi connectivity index (χ0) is 5.70. The topological polar surface area (TPSA) is 38.4 Å². The van der Waals surface area contributed by atoms with Crippen LogP contribution in [0.4, 0.5) is 0 Å². The number of hydrogen-bond acceptors (Lipinski definition) is 2. The van der Waals surface area contributed by atoms with Crippen LogP contribution in [0.1, 0.15) is 6.92 Å². The Hall–Kier alpha value is -1.01. The van der Waals surface area contributed by atoms with Gasteiger partial charge in [0.15, 0.2) is 0 Å². The smallest absolute Gasteiger partial charge is 0.0646 e. The number of hydrazone groups is 1. The van der Waals surface area contributed by atoms with Gasteiger partial charge in [-0.1, -0.05) is 6.58 Å². The average Bonchev–Trinajstić information content (AvgIpc) is 1.68. The van der Waals surface area contributed by atoms with Crippen LogP contribution in [0.25, 0.3) is 0 Å². The Labute approximate surface area is 43.0 Å². The van der Waals surface area contributed by atoms with Crippen LogP contribution in [0.3, 0.4) is 0 Å². The highest BCUT2D eigenvalue weighted by Crippen LogP contribution is 1.70. The molecule has 0 atom stereocenters. The predicted molar refractivity (Wildman–Crippen MR) is 31.0 cm³/mol. The van der Waals surface area contributed by atoms with Crippen molar-refractivity contribution in [2.24, 2.45) is 10.9 Å². The summed E-state index contributed by atoms with van der Waals surface area (Å²) in [4.78, 5) is 0. The van der Waals surface area contributed by atoms with Crippen LogP contribution in [0.2, 0.25) is 0 Å². The monoisotopic (exact) mass is 96.1 g/mol. The van der Waals surface area contributed by atoms with Gasteiger partial charge in [-0.3, -0.25) is 0 Å². The molecule has 0 bridgehead atoms. The predicted octanol–water partition coefficient (Wildman–Crippen LogP) is 0.662. The Bertz CT molecular complexity index is 118. The summed E-state index contributed by atoms with van der Waals surface area (Å²) in [6.07, 6.45) is 1.61. The van der Waals surface area contributed by atoms with Crippen LogP contribution in [-0.4, -0.2) is 5.71 Å². The van der Waals surface area contributed by atoms with Crippen molar-refractivity contribution in [3.63, 3.8) is 0 Å². The number of allylic oxidation sites excluding steroid dienone is 1. The molecule has 2 nitrogen and oxygen atoms in total. The highest BCUT2D eigenvalue weighted by atomic mass is 15.1. The van der Waals surface area contributed by atoms with E-state index in [2.05, 4.69) is 17.4 Å². The van der Waals surface area contributed by atoms with Gasteiger partial charge in [-0.25, -0.2) is 0 Å². The Kier molecular flexibility index (Phi) is 2.73. The Morgan fingerprint density at radius 1 is 2.00 bits per heavy atom. The molecule has 0 heterocycles. The van der Waals surface area contributed by atoms with Gasteiger partial charge in [0.05, 0.1) is 5.71 Å². The molecule has 0 aromatic heterocycles. The lowest BCUT2D eigenvalue weighted by atomic mass is 10.4. The fourth-order valence-corrected chi connectivity index (χ4v) is 0.185. The lowest BCUT2D eigenvalue weighted by Gasteiger charge is -1.77. The maximum Gasteiger partial charge on any atom is 0.0646 e. The van der Waals surface area contributed by atoms with E-state index in [1.807, 2.05) is 0 Å². The van der Waals surface area contributed by atoms with Crippen LogP contribution < -0.4 is 5.84 Å². The molecule has 0 aromatic rings. The zero-order valence-electron chi connectivity index (χ0n) is 4.31. The van der Waals surface area contributed by atoms with Crippen molar-refractivity contribution in [2.75, 3.05) is 0 Å². The molecule has 38 valence electrons. The van der Waals surface area contributed by atoms with Gasteiger partial charge in [0.2, 0.25) is 0 Å². The highest BCUT2D eigenvalue weighted by Gasteiger charge is 1.72. The highest BCUT2D eigenvalue weighted by molar-refractivity contribution is 5.92. The largest absolute Gasteiger partial charge is 0.323 e. The van der Waals surface area contributed by atoms with Crippen molar-refractivity contribution in [3.05, 3.63) is 18.4 Å². The van der Waals surface area contributed by atoms with Crippen LogP contribution in [-0.2, 0) is 0 Å². The SMILES string of the molecule is C=C=CC(C)=NN. The minimum atomic E-state index is 0.731.